The molecule has 17 nitrogen and oxygen atoms in total. The van der Waals surface area contributed by atoms with Crippen LogP contribution in [0.5, 0.6) is 0 Å². The van der Waals surface area contributed by atoms with Crippen molar-refractivity contribution in [2.75, 3.05) is 90.9 Å². The first-order valence-corrected chi connectivity index (χ1v) is 30.5. The standard InChI is InChI=1S/C60H81N9O8S/c1-36-49(48-9-8-23-76-48)50(36)55(70)63-52-54(67-16-6-7-17-67)56-62-46(34-78-56)39-10-13-47-43(27-39)45(31-59(3,4)35-77-58(72)60-29-38(30-60)33-69(64-60)57(52)71)53(68(47)22-26-75-42-14-24-74-25-15-42)44-28-41(32-61-51(44)37(2)73-5)66-20-18-65(19-21-66)40-11-12-40/h10,13,27-28,32,34,36-38,40,42,48-50,52,54,64H,6-9,11-12,14-26,29-31,33,35H2,1-5H3,(H,63,70)/t36-,37+,38?,48-,49-,50+,52+,54+,60?/m1/s1. The van der Waals surface area contributed by atoms with Crippen LogP contribution in [0, 0.1) is 29.1 Å². The normalized spacial score (nSPS) is 31.3. The van der Waals surface area contributed by atoms with Gasteiger partial charge in [-0.05, 0) is 126 Å². The summed E-state index contributed by atoms with van der Waals surface area (Å²) < 4.78 is 33.7. The lowest BCUT2D eigenvalue weighted by Crippen LogP contribution is -2.75. The number of pyridine rings is 1. The van der Waals surface area contributed by atoms with Gasteiger partial charge in [-0.3, -0.25) is 29.4 Å². The van der Waals surface area contributed by atoms with Gasteiger partial charge >= 0.3 is 5.97 Å². The van der Waals surface area contributed by atoms with Crippen LogP contribution in [0.1, 0.15) is 120 Å². The van der Waals surface area contributed by atoms with Gasteiger partial charge < -0.3 is 38.5 Å². The number of nitrogens with zero attached hydrogens (tertiary/aromatic N) is 7. The van der Waals surface area contributed by atoms with Crippen LogP contribution in [0.2, 0.25) is 0 Å². The third-order valence-electron chi connectivity index (χ3n) is 19.2. The zero-order chi connectivity index (χ0) is 53.5. The van der Waals surface area contributed by atoms with Crippen LogP contribution in [0.15, 0.2) is 35.8 Å². The van der Waals surface area contributed by atoms with Crippen molar-refractivity contribution >= 4 is 45.7 Å². The van der Waals surface area contributed by atoms with Crippen molar-refractivity contribution in [3.05, 3.63) is 52.1 Å². The fourth-order valence-corrected chi connectivity index (χ4v) is 15.7. The number of hydrogen-bond donors (Lipinski definition) is 2. The molecule has 10 heterocycles. The number of piperazine rings is 1. The fraction of sp³-hybridized carbons (Fsp3) is 0.683. The van der Waals surface area contributed by atoms with Gasteiger partial charge in [-0.2, -0.15) is 0 Å². The Morgan fingerprint density at radius 2 is 1.77 bits per heavy atom. The molecule has 3 saturated carbocycles. The summed E-state index contributed by atoms with van der Waals surface area (Å²) >= 11 is 1.56. The number of nitrogens with one attached hydrogen (secondary N) is 2. The molecule has 2 amide bonds. The minimum absolute atomic E-state index is 0.0613. The molecule has 9 fully saturated rings. The van der Waals surface area contributed by atoms with E-state index in [1.807, 2.05) is 6.20 Å². The maximum absolute atomic E-state index is 15.5. The topological polar surface area (TPSA) is 165 Å². The van der Waals surface area contributed by atoms with Crippen LogP contribution in [-0.4, -0.2) is 163 Å². The molecule has 14 rings (SSSR count). The number of hydrazine groups is 1. The predicted octanol–water partition coefficient (Wildman–Crippen LogP) is 7.32. The number of cyclic esters (lactones) is 1. The maximum Gasteiger partial charge on any atom is 0.328 e. The first kappa shape index (κ1) is 52.8. The summed E-state index contributed by atoms with van der Waals surface area (Å²) in [6, 6.07) is 8.32. The third kappa shape index (κ3) is 10.1. The van der Waals surface area contributed by atoms with Crippen molar-refractivity contribution < 1.29 is 38.1 Å². The molecule has 0 unspecified atom stereocenters. The summed E-state index contributed by atoms with van der Waals surface area (Å²) in [4.78, 5) is 63.3. The van der Waals surface area contributed by atoms with Gasteiger partial charge in [0, 0.05) is 117 Å². The van der Waals surface area contributed by atoms with Gasteiger partial charge in [-0.1, -0.05) is 26.8 Å². The number of carbonyl (C=O) groups is 3. The summed E-state index contributed by atoms with van der Waals surface area (Å²) in [5.74, 6) is -0.549. The molecule has 4 aromatic rings. The molecule has 420 valence electrons. The van der Waals surface area contributed by atoms with Crippen molar-refractivity contribution in [2.45, 2.75) is 147 Å². The van der Waals surface area contributed by atoms with Gasteiger partial charge in [-0.15, -0.1) is 11.3 Å². The Labute approximate surface area is 463 Å². The fourth-order valence-electron chi connectivity index (χ4n) is 14.7. The van der Waals surface area contributed by atoms with Gasteiger partial charge in [0.25, 0.3) is 5.91 Å². The number of anilines is 1. The molecular weight excluding hydrogens is 1010 g/mol. The van der Waals surface area contributed by atoms with Gasteiger partial charge in [0.05, 0.1) is 66.5 Å². The molecule has 0 radical (unpaired) electrons. The van der Waals surface area contributed by atoms with Crippen molar-refractivity contribution in [3.63, 3.8) is 0 Å². The largest absolute Gasteiger partial charge is 0.464 e. The molecule has 1 aromatic carbocycles. The van der Waals surface area contributed by atoms with Gasteiger partial charge in [-0.25, -0.2) is 15.2 Å². The average molecular weight is 1090 g/mol. The first-order valence-electron chi connectivity index (χ1n) is 29.6. The van der Waals surface area contributed by atoms with Gasteiger partial charge in [0.15, 0.2) is 0 Å². The Morgan fingerprint density at radius 1 is 0.974 bits per heavy atom. The monoisotopic (exact) mass is 1090 g/mol. The highest BCUT2D eigenvalue weighted by atomic mass is 32.1. The number of ether oxygens (including phenoxy) is 5. The second kappa shape index (κ2) is 21.4. The number of fused-ring (bicyclic) bond motifs is 4. The second-order valence-electron chi connectivity index (χ2n) is 25.2. The number of benzene rings is 1. The molecule has 2 N–H and O–H groups in total. The summed E-state index contributed by atoms with van der Waals surface area (Å²) in [5.41, 5.74) is 9.92. The summed E-state index contributed by atoms with van der Waals surface area (Å²) in [6.07, 6.45) is 11.9. The number of methoxy groups -OCH3 is 1. The second-order valence-corrected chi connectivity index (χ2v) is 26.1. The molecule has 3 aromatic heterocycles. The average Bonchev–Trinajstić information content (AvgIpc) is 4.17. The lowest BCUT2D eigenvalue weighted by molar-refractivity contribution is -0.180. The molecule has 7 bridgehead atoms. The van der Waals surface area contributed by atoms with Crippen LogP contribution >= 0.6 is 11.3 Å². The molecule has 78 heavy (non-hydrogen) atoms. The SMILES string of the molecule is CO[C@@H](C)c1ncc(N2CCN(C3CC3)CC2)cc1-c1c2c3cc(ccc3n1CCOC1CCOCC1)-c1csc(n1)[C@@H](N1CCCC1)[C@H](NC(=O)[C@H]1[C@H](C)[C@@H]1[C@H]1CCCO1)C(=O)N1CC3CC(C3)(N1)C(=O)OCC(C)(C)C2. The number of carbonyl (C=O) groups excluding carboxylic acids is 3. The minimum Gasteiger partial charge on any atom is -0.464 e. The zero-order valence-electron chi connectivity index (χ0n) is 46.5. The van der Waals surface area contributed by atoms with Crippen LogP contribution < -0.4 is 15.6 Å². The van der Waals surface area contributed by atoms with E-state index in [0.717, 1.165) is 146 Å². The Morgan fingerprint density at radius 3 is 2.51 bits per heavy atom. The Hall–Kier alpha value is -4.53. The molecule has 3 aliphatic carbocycles. The Bertz CT molecular complexity index is 2870. The Balaban J connectivity index is 0.943. The van der Waals surface area contributed by atoms with E-state index in [2.05, 4.69) is 87.3 Å². The van der Waals surface area contributed by atoms with E-state index in [9.17, 15) is 9.59 Å². The van der Waals surface area contributed by atoms with Crippen molar-refractivity contribution in [1.82, 2.24) is 40.1 Å². The van der Waals surface area contributed by atoms with Gasteiger partial charge in [0.2, 0.25) is 5.91 Å². The number of amides is 2. The lowest BCUT2D eigenvalue weighted by atomic mass is 9.66. The highest BCUT2D eigenvalue weighted by Crippen LogP contribution is 2.52. The lowest BCUT2D eigenvalue weighted by Gasteiger charge is -2.55. The van der Waals surface area contributed by atoms with E-state index in [-0.39, 0.29) is 66.4 Å². The number of rotatable bonds is 13. The molecular formula is C60H81N9O8S. The van der Waals surface area contributed by atoms with E-state index in [1.54, 1.807) is 23.5 Å². The quantitative estimate of drug-likeness (QED) is 0.128. The van der Waals surface area contributed by atoms with Crippen LogP contribution in [0.25, 0.3) is 33.4 Å². The van der Waals surface area contributed by atoms with E-state index in [4.69, 9.17) is 33.7 Å². The third-order valence-corrected chi connectivity index (χ3v) is 20.2. The number of esters is 1. The summed E-state index contributed by atoms with van der Waals surface area (Å²) in [7, 11) is 1.75. The van der Waals surface area contributed by atoms with Crippen LogP contribution in [-0.2, 0) is 51.0 Å². The summed E-state index contributed by atoms with van der Waals surface area (Å²) in [6.45, 7) is 17.9. The van der Waals surface area contributed by atoms with E-state index < -0.39 is 23.0 Å². The number of likely N-dealkylation sites (tertiary alicyclic amines) is 1. The summed E-state index contributed by atoms with van der Waals surface area (Å²) in [5, 5.41) is 9.02. The highest BCUT2D eigenvalue weighted by molar-refractivity contribution is 7.10. The number of aromatic nitrogens is 3. The first-order chi connectivity index (χ1) is 37.8. The molecule has 7 aliphatic heterocycles. The number of thiazole rings is 1. The molecule has 6 saturated heterocycles. The van der Waals surface area contributed by atoms with Crippen LogP contribution in [0.3, 0.4) is 0 Å². The van der Waals surface area contributed by atoms with Crippen molar-refractivity contribution in [3.8, 4) is 22.5 Å². The Kier molecular flexibility index (Phi) is 14.5. The highest BCUT2D eigenvalue weighted by Gasteiger charge is 2.60. The van der Waals surface area contributed by atoms with Crippen LogP contribution in [0.4, 0.5) is 5.69 Å². The molecule has 1 spiro atoms. The van der Waals surface area contributed by atoms with E-state index in [0.29, 0.717) is 52.2 Å². The molecule has 18 heteroatoms. The van der Waals surface area contributed by atoms with Crippen molar-refractivity contribution in [1.29, 1.82) is 0 Å². The smallest absolute Gasteiger partial charge is 0.328 e. The molecule has 10 aliphatic rings. The maximum atomic E-state index is 15.5. The van der Waals surface area contributed by atoms with Crippen molar-refractivity contribution in [2.24, 2.45) is 29.1 Å². The predicted molar refractivity (Wildman–Crippen MR) is 298 cm³/mol. The van der Waals surface area contributed by atoms with E-state index >= 15 is 4.79 Å². The van der Waals surface area contributed by atoms with Gasteiger partial charge in [0.1, 0.15) is 16.6 Å². The number of hydrogen-bond acceptors (Lipinski definition) is 15. The molecule has 7 atom stereocenters. The zero-order valence-corrected chi connectivity index (χ0v) is 47.3. The minimum atomic E-state index is -1.05. The van der Waals surface area contributed by atoms with E-state index in [1.165, 1.54) is 12.8 Å².